The molecule has 1 aliphatic heterocycles. The van der Waals surface area contributed by atoms with Crippen LogP contribution in [0.15, 0.2) is 54.9 Å². The Kier molecular flexibility index (Phi) is 4.95. The third-order valence-corrected chi connectivity index (χ3v) is 4.34. The molecule has 0 bridgehead atoms. The Labute approximate surface area is 156 Å². The molecule has 26 heavy (non-hydrogen) atoms. The second-order valence-corrected chi connectivity index (χ2v) is 6.33. The molecule has 0 saturated carbocycles. The van der Waals surface area contributed by atoms with E-state index in [9.17, 15) is 0 Å². The molecule has 0 aromatic carbocycles. The summed E-state index contributed by atoms with van der Waals surface area (Å²) in [5, 5.41) is 3.77. The Morgan fingerprint density at radius 1 is 0.885 bits per heavy atom. The van der Waals surface area contributed by atoms with Crippen molar-refractivity contribution in [3.63, 3.8) is 0 Å². The Morgan fingerprint density at radius 2 is 1.77 bits per heavy atom. The van der Waals surface area contributed by atoms with Crippen molar-refractivity contribution in [3.05, 3.63) is 59.9 Å². The number of hydrogen-bond acceptors (Lipinski definition) is 6. The lowest BCUT2D eigenvalue weighted by molar-refractivity contribution is 0.122. The Balaban J connectivity index is 1.51. The first-order chi connectivity index (χ1) is 12.8. The van der Waals surface area contributed by atoms with E-state index >= 15 is 0 Å². The number of morpholine rings is 1. The molecule has 0 aliphatic carbocycles. The predicted molar refractivity (Wildman–Crippen MR) is 103 cm³/mol. The van der Waals surface area contributed by atoms with Gasteiger partial charge in [0.2, 0.25) is 0 Å². The third-order valence-electron chi connectivity index (χ3n) is 4.12. The highest BCUT2D eigenvalue weighted by atomic mass is 35.5. The van der Waals surface area contributed by atoms with E-state index in [1.54, 1.807) is 12.3 Å². The van der Waals surface area contributed by atoms with Gasteiger partial charge in [-0.25, -0.2) is 9.97 Å². The van der Waals surface area contributed by atoms with Gasteiger partial charge in [-0.15, -0.1) is 0 Å². The zero-order chi connectivity index (χ0) is 17.8. The molecule has 1 N–H and O–H groups in total. The van der Waals surface area contributed by atoms with Crippen molar-refractivity contribution >= 4 is 28.9 Å². The fourth-order valence-electron chi connectivity index (χ4n) is 2.77. The minimum absolute atomic E-state index is 0.599. The summed E-state index contributed by atoms with van der Waals surface area (Å²) in [4.78, 5) is 15.7. The Hall–Kier alpha value is -2.70. The molecule has 4 rings (SSSR count). The van der Waals surface area contributed by atoms with Crippen LogP contribution in [0.2, 0.25) is 5.02 Å². The highest BCUT2D eigenvalue weighted by molar-refractivity contribution is 6.30. The first kappa shape index (κ1) is 16.8. The van der Waals surface area contributed by atoms with Crippen molar-refractivity contribution in [2.45, 2.75) is 0 Å². The summed E-state index contributed by atoms with van der Waals surface area (Å²) >= 11 is 5.86. The minimum atomic E-state index is 0.599. The maximum absolute atomic E-state index is 5.86. The quantitative estimate of drug-likeness (QED) is 0.757. The molecule has 0 atom stereocenters. The summed E-state index contributed by atoms with van der Waals surface area (Å²) < 4.78 is 5.39. The molecule has 1 aliphatic rings. The monoisotopic (exact) mass is 367 g/mol. The van der Waals surface area contributed by atoms with Gasteiger partial charge in [-0.3, -0.25) is 4.98 Å². The van der Waals surface area contributed by atoms with Gasteiger partial charge in [-0.05, 0) is 36.4 Å². The fraction of sp³-hybridized carbons (Fsp3) is 0.211. The van der Waals surface area contributed by atoms with Gasteiger partial charge < -0.3 is 15.0 Å². The van der Waals surface area contributed by atoms with E-state index in [-0.39, 0.29) is 0 Å². The van der Waals surface area contributed by atoms with Crippen molar-refractivity contribution in [1.82, 2.24) is 15.0 Å². The van der Waals surface area contributed by atoms with Crippen LogP contribution < -0.4 is 10.2 Å². The average molecular weight is 368 g/mol. The zero-order valence-electron chi connectivity index (χ0n) is 14.1. The maximum Gasteiger partial charge on any atom is 0.132 e. The fourth-order valence-corrected chi connectivity index (χ4v) is 2.89. The van der Waals surface area contributed by atoms with Crippen LogP contribution in [0.25, 0.3) is 11.4 Å². The first-order valence-electron chi connectivity index (χ1n) is 8.43. The van der Waals surface area contributed by atoms with E-state index in [0.717, 1.165) is 43.4 Å². The van der Waals surface area contributed by atoms with Crippen molar-refractivity contribution in [2.24, 2.45) is 0 Å². The molecule has 6 nitrogen and oxygen atoms in total. The van der Waals surface area contributed by atoms with Crippen LogP contribution >= 0.6 is 11.6 Å². The van der Waals surface area contributed by atoms with Crippen LogP contribution in [-0.2, 0) is 4.74 Å². The summed E-state index contributed by atoms with van der Waals surface area (Å²) in [5.41, 5.74) is 2.74. The molecular formula is C19H18ClN5O. The first-order valence-corrected chi connectivity index (χ1v) is 8.80. The molecule has 0 unspecified atom stereocenters. The van der Waals surface area contributed by atoms with E-state index < -0.39 is 0 Å². The standard InChI is InChI=1S/C19H18ClN5O/c20-14-4-7-18(22-12-14)24-19-3-1-2-17(23-19)16-6-5-15(13-21-16)25-8-10-26-11-9-25/h1-7,12-13H,8-11H2,(H,22,23,24). The summed E-state index contributed by atoms with van der Waals surface area (Å²) in [6.45, 7) is 3.31. The van der Waals surface area contributed by atoms with Gasteiger partial charge in [0.15, 0.2) is 0 Å². The van der Waals surface area contributed by atoms with Gasteiger partial charge in [0.25, 0.3) is 0 Å². The Bertz CT molecular complexity index is 864. The average Bonchev–Trinajstić information content (AvgIpc) is 2.71. The molecule has 0 radical (unpaired) electrons. The Morgan fingerprint density at radius 3 is 2.50 bits per heavy atom. The topological polar surface area (TPSA) is 63.2 Å². The molecule has 1 saturated heterocycles. The van der Waals surface area contributed by atoms with Crippen LogP contribution in [-0.4, -0.2) is 41.3 Å². The zero-order valence-corrected chi connectivity index (χ0v) is 14.9. The number of hydrogen-bond donors (Lipinski definition) is 1. The number of ether oxygens (including phenoxy) is 1. The van der Waals surface area contributed by atoms with Gasteiger partial charge in [0.05, 0.1) is 41.5 Å². The maximum atomic E-state index is 5.86. The number of nitrogens with zero attached hydrogens (tertiary/aromatic N) is 4. The lowest BCUT2D eigenvalue weighted by atomic mass is 10.2. The van der Waals surface area contributed by atoms with Crippen molar-refractivity contribution in [3.8, 4) is 11.4 Å². The summed E-state index contributed by atoms with van der Waals surface area (Å²) in [5.74, 6) is 1.39. The van der Waals surface area contributed by atoms with Crippen LogP contribution in [0.5, 0.6) is 0 Å². The lowest BCUT2D eigenvalue weighted by Gasteiger charge is -2.28. The highest BCUT2D eigenvalue weighted by Crippen LogP contribution is 2.22. The van der Waals surface area contributed by atoms with Crippen LogP contribution in [0, 0.1) is 0 Å². The van der Waals surface area contributed by atoms with Crippen LogP contribution in [0.3, 0.4) is 0 Å². The van der Waals surface area contributed by atoms with Crippen LogP contribution in [0.4, 0.5) is 17.3 Å². The minimum Gasteiger partial charge on any atom is -0.378 e. The number of halogens is 1. The molecule has 3 aromatic rings. The second-order valence-electron chi connectivity index (χ2n) is 5.90. The molecule has 132 valence electrons. The molecule has 0 amide bonds. The molecule has 4 heterocycles. The van der Waals surface area contributed by atoms with Crippen molar-refractivity contribution in [2.75, 3.05) is 36.5 Å². The van der Waals surface area contributed by atoms with E-state index in [4.69, 9.17) is 16.3 Å². The normalized spacial score (nSPS) is 14.3. The van der Waals surface area contributed by atoms with Gasteiger partial charge in [0.1, 0.15) is 11.6 Å². The molecule has 1 fully saturated rings. The van der Waals surface area contributed by atoms with E-state index in [1.807, 2.05) is 36.5 Å². The SMILES string of the molecule is Clc1ccc(Nc2cccc(-c3ccc(N4CCOCC4)cn3)n2)nc1. The summed E-state index contributed by atoms with van der Waals surface area (Å²) in [7, 11) is 0. The summed E-state index contributed by atoms with van der Waals surface area (Å²) in [6, 6.07) is 13.4. The number of rotatable bonds is 4. The van der Waals surface area contributed by atoms with E-state index in [2.05, 4.69) is 31.2 Å². The summed E-state index contributed by atoms with van der Waals surface area (Å²) in [6.07, 6.45) is 3.49. The third kappa shape index (κ3) is 3.92. The number of anilines is 3. The van der Waals surface area contributed by atoms with E-state index in [0.29, 0.717) is 16.7 Å². The van der Waals surface area contributed by atoms with Crippen molar-refractivity contribution in [1.29, 1.82) is 0 Å². The number of aromatic nitrogens is 3. The van der Waals surface area contributed by atoms with Crippen LogP contribution in [0.1, 0.15) is 0 Å². The second kappa shape index (κ2) is 7.68. The number of nitrogens with one attached hydrogen (secondary N) is 1. The largest absolute Gasteiger partial charge is 0.378 e. The molecule has 0 spiro atoms. The number of pyridine rings is 3. The van der Waals surface area contributed by atoms with Gasteiger partial charge in [-0.2, -0.15) is 0 Å². The molecule has 7 heteroatoms. The van der Waals surface area contributed by atoms with E-state index in [1.165, 1.54) is 0 Å². The van der Waals surface area contributed by atoms with Gasteiger partial charge >= 0.3 is 0 Å². The molecular weight excluding hydrogens is 350 g/mol. The smallest absolute Gasteiger partial charge is 0.132 e. The lowest BCUT2D eigenvalue weighted by Crippen LogP contribution is -2.36. The van der Waals surface area contributed by atoms with Gasteiger partial charge in [-0.1, -0.05) is 17.7 Å². The molecule has 3 aromatic heterocycles. The van der Waals surface area contributed by atoms with Gasteiger partial charge in [0, 0.05) is 19.3 Å². The predicted octanol–water partition coefficient (Wildman–Crippen LogP) is 3.77. The highest BCUT2D eigenvalue weighted by Gasteiger charge is 2.12. The van der Waals surface area contributed by atoms with Crippen molar-refractivity contribution < 1.29 is 4.74 Å².